The molecule has 6 heteroatoms. The van der Waals surface area contributed by atoms with E-state index in [0.717, 1.165) is 33.7 Å². The summed E-state index contributed by atoms with van der Waals surface area (Å²) in [7, 11) is 0. The van der Waals surface area contributed by atoms with Gasteiger partial charge in [-0.3, -0.25) is 9.97 Å². The van der Waals surface area contributed by atoms with Crippen LogP contribution in [0.3, 0.4) is 0 Å². The van der Waals surface area contributed by atoms with Crippen molar-refractivity contribution in [2.45, 2.75) is 53.1 Å². The summed E-state index contributed by atoms with van der Waals surface area (Å²) in [4.78, 5) is 16.3. The highest BCUT2D eigenvalue weighted by molar-refractivity contribution is 7.09. The van der Waals surface area contributed by atoms with Crippen LogP contribution in [0.4, 0.5) is 5.13 Å². The molecule has 0 unspecified atom stereocenters. The van der Waals surface area contributed by atoms with Crippen molar-refractivity contribution in [3.63, 3.8) is 0 Å². The number of pyridine rings is 2. The molecular weight excluding hydrogens is 342 g/mol. The molecule has 5 nitrogen and oxygen atoms in total. The molecule has 0 fully saturated rings. The number of anilines is 1. The van der Waals surface area contributed by atoms with Crippen LogP contribution in [0, 0.1) is 13.8 Å². The molecule has 0 saturated heterocycles. The zero-order valence-electron chi connectivity index (χ0n) is 16.0. The maximum atomic E-state index is 4.80. The molecule has 0 aliphatic rings. The summed E-state index contributed by atoms with van der Waals surface area (Å²) in [5.41, 5.74) is 4.01. The van der Waals surface area contributed by atoms with Crippen LogP contribution in [0.2, 0.25) is 0 Å². The lowest BCUT2D eigenvalue weighted by Gasteiger charge is -2.21. The van der Waals surface area contributed by atoms with E-state index in [0.29, 0.717) is 13.1 Å². The van der Waals surface area contributed by atoms with E-state index in [4.69, 9.17) is 4.98 Å². The van der Waals surface area contributed by atoms with Crippen LogP contribution in [0.25, 0.3) is 0 Å². The highest BCUT2D eigenvalue weighted by Crippen LogP contribution is 2.27. The van der Waals surface area contributed by atoms with Crippen LogP contribution in [0.5, 0.6) is 0 Å². The molecule has 0 bridgehead atoms. The van der Waals surface area contributed by atoms with Crippen LogP contribution in [0.1, 0.15) is 49.4 Å². The van der Waals surface area contributed by atoms with Gasteiger partial charge in [-0.05, 0) is 38.1 Å². The summed E-state index contributed by atoms with van der Waals surface area (Å²) in [5, 5.41) is 0.904. The van der Waals surface area contributed by atoms with Crippen molar-refractivity contribution in [2.24, 2.45) is 0 Å². The molecule has 0 amide bonds. The number of aryl methyl sites for hydroxylation is 2. The van der Waals surface area contributed by atoms with Crippen molar-refractivity contribution < 1.29 is 0 Å². The van der Waals surface area contributed by atoms with Crippen LogP contribution in [-0.4, -0.2) is 19.3 Å². The molecule has 0 atom stereocenters. The first-order chi connectivity index (χ1) is 12.3. The average Bonchev–Trinajstić information content (AvgIpc) is 3.04. The van der Waals surface area contributed by atoms with Crippen LogP contribution in [-0.2, 0) is 18.5 Å². The van der Waals surface area contributed by atoms with Crippen molar-refractivity contribution in [2.75, 3.05) is 4.90 Å². The topological polar surface area (TPSA) is 54.8 Å². The van der Waals surface area contributed by atoms with Gasteiger partial charge in [0.15, 0.2) is 0 Å². The Labute approximate surface area is 159 Å². The predicted molar refractivity (Wildman–Crippen MR) is 106 cm³/mol. The summed E-state index contributed by atoms with van der Waals surface area (Å²) < 4.78 is 4.57. The molecule has 3 aromatic heterocycles. The molecule has 3 aromatic rings. The number of nitrogens with zero attached hydrogens (tertiary/aromatic N) is 5. The number of aromatic nitrogens is 4. The van der Waals surface area contributed by atoms with Gasteiger partial charge in [-0.25, -0.2) is 4.98 Å². The number of rotatable bonds is 5. The molecule has 0 spiro atoms. The largest absolute Gasteiger partial charge is 0.335 e. The average molecular weight is 368 g/mol. The van der Waals surface area contributed by atoms with Gasteiger partial charge >= 0.3 is 0 Å². The van der Waals surface area contributed by atoms with Crippen molar-refractivity contribution >= 4 is 16.7 Å². The first-order valence-corrected chi connectivity index (χ1v) is 9.53. The predicted octanol–water partition coefficient (Wildman–Crippen LogP) is 4.45. The molecule has 3 heterocycles. The standard InChI is InChI=1S/C20H25N5S/c1-14-8-6-10-16(21-14)12-25(13-17-11-7-9-15(2)22-17)19-23-18(24-26-19)20(3,4)5/h6-11H,12-13H2,1-5H3. The summed E-state index contributed by atoms with van der Waals surface area (Å²) in [6, 6.07) is 12.2. The van der Waals surface area contributed by atoms with Gasteiger partial charge in [0.25, 0.3) is 0 Å². The summed E-state index contributed by atoms with van der Waals surface area (Å²) in [6.45, 7) is 11.8. The van der Waals surface area contributed by atoms with Crippen LogP contribution in [0.15, 0.2) is 36.4 Å². The molecule has 0 aliphatic heterocycles. The van der Waals surface area contributed by atoms with Gasteiger partial charge in [-0.15, -0.1) is 0 Å². The first kappa shape index (κ1) is 18.5. The second-order valence-electron chi connectivity index (χ2n) is 7.55. The third-order valence-electron chi connectivity index (χ3n) is 3.95. The molecule has 136 valence electrons. The van der Waals surface area contributed by atoms with Crippen molar-refractivity contribution in [1.82, 2.24) is 19.3 Å². The second kappa shape index (κ2) is 7.50. The highest BCUT2D eigenvalue weighted by Gasteiger charge is 2.22. The fraction of sp³-hybridized carbons (Fsp3) is 0.400. The Hall–Kier alpha value is -2.34. The van der Waals surface area contributed by atoms with E-state index in [1.807, 2.05) is 38.1 Å². The van der Waals surface area contributed by atoms with E-state index in [-0.39, 0.29) is 5.41 Å². The lowest BCUT2D eigenvalue weighted by atomic mass is 9.96. The van der Waals surface area contributed by atoms with E-state index >= 15 is 0 Å². The summed E-state index contributed by atoms with van der Waals surface area (Å²) >= 11 is 1.44. The van der Waals surface area contributed by atoms with E-state index in [1.165, 1.54) is 11.5 Å². The Morgan fingerprint density at radius 1 is 0.846 bits per heavy atom. The fourth-order valence-electron chi connectivity index (χ4n) is 2.61. The van der Waals surface area contributed by atoms with E-state index < -0.39 is 0 Å². The van der Waals surface area contributed by atoms with Crippen molar-refractivity contribution in [3.8, 4) is 0 Å². The van der Waals surface area contributed by atoms with Gasteiger partial charge < -0.3 is 4.90 Å². The third kappa shape index (κ3) is 4.64. The van der Waals surface area contributed by atoms with Gasteiger partial charge in [0.05, 0.1) is 24.5 Å². The fourth-order valence-corrected chi connectivity index (χ4v) is 3.46. The molecular formula is C20H25N5S. The zero-order valence-corrected chi connectivity index (χ0v) is 16.8. The van der Waals surface area contributed by atoms with E-state index in [1.54, 1.807) is 0 Å². The monoisotopic (exact) mass is 367 g/mol. The number of hydrogen-bond acceptors (Lipinski definition) is 6. The van der Waals surface area contributed by atoms with Gasteiger partial charge in [-0.1, -0.05) is 32.9 Å². The Morgan fingerprint density at radius 3 is 1.81 bits per heavy atom. The maximum absolute atomic E-state index is 4.80. The Morgan fingerprint density at radius 2 is 1.38 bits per heavy atom. The lowest BCUT2D eigenvalue weighted by Crippen LogP contribution is -2.24. The van der Waals surface area contributed by atoms with Gasteiger partial charge in [0.2, 0.25) is 5.13 Å². The highest BCUT2D eigenvalue weighted by atomic mass is 32.1. The molecule has 0 aromatic carbocycles. The summed E-state index contributed by atoms with van der Waals surface area (Å²) in [5.74, 6) is 0.872. The molecule has 0 radical (unpaired) electrons. The maximum Gasteiger partial charge on any atom is 0.205 e. The van der Waals surface area contributed by atoms with Gasteiger partial charge in [-0.2, -0.15) is 4.37 Å². The Bertz CT molecular complexity index is 834. The third-order valence-corrected chi connectivity index (χ3v) is 4.73. The van der Waals surface area contributed by atoms with Crippen molar-refractivity contribution in [3.05, 3.63) is 65.0 Å². The SMILES string of the molecule is Cc1cccc(CN(Cc2cccc(C)n2)c2nc(C(C)(C)C)ns2)n1. The van der Waals surface area contributed by atoms with E-state index in [9.17, 15) is 0 Å². The molecule has 0 saturated carbocycles. The quantitative estimate of drug-likeness (QED) is 0.667. The second-order valence-corrected chi connectivity index (χ2v) is 8.28. The minimum Gasteiger partial charge on any atom is -0.335 e. The lowest BCUT2D eigenvalue weighted by molar-refractivity contribution is 0.553. The van der Waals surface area contributed by atoms with Crippen LogP contribution < -0.4 is 4.90 Å². The normalized spacial score (nSPS) is 11.6. The molecule has 0 aliphatic carbocycles. The minimum atomic E-state index is -0.0659. The Balaban J connectivity index is 1.91. The number of hydrogen-bond donors (Lipinski definition) is 0. The molecule has 26 heavy (non-hydrogen) atoms. The first-order valence-electron chi connectivity index (χ1n) is 8.75. The smallest absolute Gasteiger partial charge is 0.205 e. The van der Waals surface area contributed by atoms with Gasteiger partial charge in [0.1, 0.15) is 5.82 Å². The van der Waals surface area contributed by atoms with E-state index in [2.05, 4.69) is 52.1 Å². The van der Waals surface area contributed by atoms with Crippen LogP contribution >= 0.6 is 11.5 Å². The minimum absolute atomic E-state index is 0.0659. The molecule has 3 rings (SSSR count). The zero-order chi connectivity index (χ0) is 18.7. The van der Waals surface area contributed by atoms with Crippen molar-refractivity contribution in [1.29, 1.82) is 0 Å². The van der Waals surface area contributed by atoms with Gasteiger partial charge in [0, 0.05) is 28.3 Å². The summed E-state index contributed by atoms with van der Waals surface area (Å²) in [6.07, 6.45) is 0. The molecule has 0 N–H and O–H groups in total. The Kier molecular flexibility index (Phi) is 5.32.